The van der Waals surface area contributed by atoms with Crippen LogP contribution >= 0.6 is 0 Å². The zero-order valence-corrected chi connectivity index (χ0v) is 37.5. The molecule has 0 spiro atoms. The fraction of sp³-hybridized carbons (Fsp3) is 0. The molecular formula is C66H46N2. The molecule has 2 heteroatoms. The van der Waals surface area contributed by atoms with Crippen LogP contribution in [0.4, 0.5) is 34.1 Å². The number of hydrogen-bond donors (Lipinski definition) is 0. The Hall–Kier alpha value is -8.98. The Morgan fingerprint density at radius 1 is 0.191 bits per heavy atom. The second kappa shape index (κ2) is 17.8. The van der Waals surface area contributed by atoms with Crippen LogP contribution in [0.2, 0.25) is 0 Å². The minimum atomic E-state index is 1.07. The molecule has 0 bridgehead atoms. The zero-order chi connectivity index (χ0) is 45.2. The third-order valence-corrected chi connectivity index (χ3v) is 13.2. The SMILES string of the molecule is c1ccc(-c2ccccc2N(c2cc(-c3ccccc3)c3cc(-c4ccccc4)c(N(c4ccccc4-c4ccccc4)c4cccc5ccccc45)cc3c2)c2cccc3ccccc23)cc1. The lowest BCUT2D eigenvalue weighted by atomic mass is 9.91. The summed E-state index contributed by atoms with van der Waals surface area (Å²) in [5.41, 5.74) is 15.8. The van der Waals surface area contributed by atoms with Crippen molar-refractivity contribution in [1.29, 1.82) is 0 Å². The van der Waals surface area contributed by atoms with E-state index >= 15 is 0 Å². The van der Waals surface area contributed by atoms with Gasteiger partial charge in [-0.2, -0.15) is 0 Å². The monoisotopic (exact) mass is 866 g/mol. The number of hydrogen-bond acceptors (Lipinski definition) is 2. The Kier molecular flexibility index (Phi) is 10.6. The molecule has 0 radical (unpaired) electrons. The van der Waals surface area contributed by atoms with Gasteiger partial charge in [-0.05, 0) is 97.9 Å². The molecule has 0 atom stereocenters. The summed E-state index contributed by atoms with van der Waals surface area (Å²) in [5, 5.41) is 7.03. The van der Waals surface area contributed by atoms with Gasteiger partial charge in [0.15, 0.2) is 0 Å². The maximum Gasteiger partial charge on any atom is 0.0546 e. The summed E-state index contributed by atoms with van der Waals surface area (Å²) < 4.78 is 0. The standard InChI is InChI=1S/C66H46N2/c1-5-23-47(24-6-1)55-37-17-19-39-62(55)67(63-41-21-33-49-31-13-15-35-56(49)63)54-43-53-44-66(61(52-29-11-4-12-30-52)46-60(53)59(45-54)51-27-9-3-10-28-51)68(65-42-22-34-50-32-14-16-36-58(50)65)64-40-20-18-38-57(64)48-25-7-2-8-26-48/h1-46H. The molecule has 0 saturated heterocycles. The van der Waals surface area contributed by atoms with Crippen molar-refractivity contribution >= 4 is 66.4 Å². The van der Waals surface area contributed by atoms with E-state index in [9.17, 15) is 0 Å². The molecule has 0 unspecified atom stereocenters. The molecule has 0 fully saturated rings. The van der Waals surface area contributed by atoms with Gasteiger partial charge in [-0.3, -0.25) is 0 Å². The highest BCUT2D eigenvalue weighted by Gasteiger charge is 2.26. The zero-order valence-electron chi connectivity index (χ0n) is 37.5. The molecule has 12 aromatic carbocycles. The highest BCUT2D eigenvalue weighted by molar-refractivity contribution is 6.11. The molecule has 0 saturated carbocycles. The van der Waals surface area contributed by atoms with Crippen LogP contribution in [0.25, 0.3) is 76.8 Å². The summed E-state index contributed by atoms with van der Waals surface area (Å²) in [6, 6.07) is 102. The molecule has 2 nitrogen and oxygen atoms in total. The first-order chi connectivity index (χ1) is 33.8. The molecule has 0 aliphatic rings. The van der Waals surface area contributed by atoms with Gasteiger partial charge in [0.25, 0.3) is 0 Å². The molecular weight excluding hydrogens is 821 g/mol. The smallest absolute Gasteiger partial charge is 0.0546 e. The molecule has 0 N–H and O–H groups in total. The first-order valence-electron chi connectivity index (χ1n) is 23.3. The molecule has 12 rings (SSSR count). The number of nitrogens with zero attached hydrogens (tertiary/aromatic N) is 2. The van der Waals surface area contributed by atoms with E-state index < -0.39 is 0 Å². The van der Waals surface area contributed by atoms with Gasteiger partial charge < -0.3 is 9.80 Å². The normalized spacial score (nSPS) is 11.2. The van der Waals surface area contributed by atoms with Crippen molar-refractivity contribution in [2.75, 3.05) is 9.80 Å². The topological polar surface area (TPSA) is 6.48 Å². The third-order valence-electron chi connectivity index (χ3n) is 13.2. The van der Waals surface area contributed by atoms with Gasteiger partial charge in [0.2, 0.25) is 0 Å². The summed E-state index contributed by atoms with van der Waals surface area (Å²) in [7, 11) is 0. The van der Waals surface area contributed by atoms with E-state index in [1.807, 2.05) is 0 Å². The van der Waals surface area contributed by atoms with Gasteiger partial charge in [-0.15, -0.1) is 0 Å². The summed E-state index contributed by atoms with van der Waals surface area (Å²) in [6.07, 6.45) is 0. The maximum absolute atomic E-state index is 2.51. The number of benzene rings is 12. The Bertz CT molecular complexity index is 3720. The summed E-state index contributed by atoms with van der Waals surface area (Å²) in [4.78, 5) is 4.99. The summed E-state index contributed by atoms with van der Waals surface area (Å²) in [6.45, 7) is 0. The average molecular weight is 867 g/mol. The predicted molar refractivity (Wildman–Crippen MR) is 290 cm³/mol. The first kappa shape index (κ1) is 40.5. The van der Waals surface area contributed by atoms with Crippen molar-refractivity contribution in [3.63, 3.8) is 0 Å². The van der Waals surface area contributed by atoms with Crippen molar-refractivity contribution < 1.29 is 0 Å². The van der Waals surface area contributed by atoms with Crippen LogP contribution in [0.15, 0.2) is 279 Å². The van der Waals surface area contributed by atoms with Crippen LogP contribution in [0.1, 0.15) is 0 Å². The minimum absolute atomic E-state index is 1.07. The fourth-order valence-corrected chi connectivity index (χ4v) is 10.1. The Balaban J connectivity index is 1.21. The number of fused-ring (bicyclic) bond motifs is 3. The van der Waals surface area contributed by atoms with Crippen molar-refractivity contribution in [2.24, 2.45) is 0 Å². The van der Waals surface area contributed by atoms with Crippen LogP contribution in [0, 0.1) is 0 Å². The fourth-order valence-electron chi connectivity index (χ4n) is 10.1. The molecule has 12 aromatic rings. The van der Waals surface area contributed by atoms with Gasteiger partial charge in [0.05, 0.1) is 28.4 Å². The van der Waals surface area contributed by atoms with E-state index in [0.717, 1.165) is 84.0 Å². The lowest BCUT2D eigenvalue weighted by Crippen LogP contribution is -2.14. The third kappa shape index (κ3) is 7.45. The van der Waals surface area contributed by atoms with Gasteiger partial charge in [0, 0.05) is 33.2 Å². The van der Waals surface area contributed by atoms with Gasteiger partial charge >= 0.3 is 0 Å². The van der Waals surface area contributed by atoms with Crippen molar-refractivity contribution in [3.05, 3.63) is 279 Å². The Morgan fingerprint density at radius 2 is 0.574 bits per heavy atom. The highest BCUT2D eigenvalue weighted by Crippen LogP contribution is 2.51. The average Bonchev–Trinajstić information content (AvgIpc) is 3.42. The second-order valence-electron chi connectivity index (χ2n) is 17.2. The summed E-state index contributed by atoms with van der Waals surface area (Å²) in [5.74, 6) is 0. The molecule has 0 aromatic heterocycles. The number of rotatable bonds is 10. The lowest BCUT2D eigenvalue weighted by Gasteiger charge is -2.32. The Labute approximate surface area is 397 Å². The van der Waals surface area contributed by atoms with E-state index in [1.54, 1.807) is 0 Å². The van der Waals surface area contributed by atoms with Crippen LogP contribution in [-0.2, 0) is 0 Å². The van der Waals surface area contributed by atoms with Crippen LogP contribution in [0.3, 0.4) is 0 Å². The molecule has 0 heterocycles. The van der Waals surface area contributed by atoms with Crippen molar-refractivity contribution in [1.82, 2.24) is 0 Å². The highest BCUT2D eigenvalue weighted by atomic mass is 15.2. The molecule has 320 valence electrons. The lowest BCUT2D eigenvalue weighted by molar-refractivity contribution is 1.29. The largest absolute Gasteiger partial charge is 0.309 e. The van der Waals surface area contributed by atoms with Crippen LogP contribution < -0.4 is 9.80 Å². The van der Waals surface area contributed by atoms with E-state index in [0.29, 0.717) is 0 Å². The molecule has 68 heavy (non-hydrogen) atoms. The molecule has 0 aliphatic carbocycles. The van der Waals surface area contributed by atoms with Crippen molar-refractivity contribution in [3.8, 4) is 44.5 Å². The number of anilines is 6. The van der Waals surface area contributed by atoms with Gasteiger partial charge in [0.1, 0.15) is 0 Å². The Morgan fingerprint density at radius 3 is 1.10 bits per heavy atom. The maximum atomic E-state index is 2.51. The van der Waals surface area contributed by atoms with Gasteiger partial charge in [-0.1, -0.05) is 231 Å². The quantitative estimate of drug-likeness (QED) is 0.135. The van der Waals surface area contributed by atoms with Crippen LogP contribution in [0.5, 0.6) is 0 Å². The number of para-hydroxylation sites is 2. The molecule has 0 amide bonds. The summed E-state index contributed by atoms with van der Waals surface area (Å²) >= 11 is 0. The van der Waals surface area contributed by atoms with E-state index in [1.165, 1.54) is 26.9 Å². The minimum Gasteiger partial charge on any atom is -0.309 e. The van der Waals surface area contributed by atoms with Crippen LogP contribution in [-0.4, -0.2) is 0 Å². The molecule has 0 aliphatic heterocycles. The first-order valence-corrected chi connectivity index (χ1v) is 23.3. The van der Waals surface area contributed by atoms with E-state index in [4.69, 9.17) is 0 Å². The van der Waals surface area contributed by atoms with E-state index in [2.05, 4.69) is 289 Å². The second-order valence-corrected chi connectivity index (χ2v) is 17.2. The van der Waals surface area contributed by atoms with Gasteiger partial charge in [-0.25, -0.2) is 0 Å². The van der Waals surface area contributed by atoms with Crippen molar-refractivity contribution in [2.45, 2.75) is 0 Å². The van der Waals surface area contributed by atoms with E-state index in [-0.39, 0.29) is 0 Å². The predicted octanol–water partition coefficient (Wildman–Crippen LogP) is 18.8.